The number of aromatic carboxylic acids is 1. The third-order valence-electron chi connectivity index (χ3n) is 17.6. The Kier molecular flexibility index (Phi) is 28.6. The molecule has 1 aromatic rings. The second kappa shape index (κ2) is 30.6. The molecule has 0 bridgehead atoms. The zero-order chi connectivity index (χ0) is 104. The molecule has 0 unspecified atom stereocenters. The van der Waals surface area contributed by atoms with Gasteiger partial charge in [-0.05, 0) is 30.3 Å². The monoisotopic (exact) mass is 2090 g/mol. The molecule has 0 aliphatic carbocycles. The van der Waals surface area contributed by atoms with Gasteiger partial charge in [-0.2, -0.15) is 329 Å². The third-order valence-corrected chi connectivity index (χ3v) is 22.8. The van der Waals surface area contributed by atoms with Crippen LogP contribution in [-0.2, 0) is 0 Å². The van der Waals surface area contributed by atoms with Crippen LogP contribution in [0.3, 0.4) is 0 Å². The molecule has 0 heterocycles. The van der Waals surface area contributed by atoms with E-state index in [0.717, 1.165) is 0 Å². The first-order valence-electron chi connectivity index (χ1n) is 28.8. The molecule has 127 heavy (non-hydrogen) atoms. The number of halogens is 75. The zero-order valence-electron chi connectivity index (χ0n) is 55.8. The molecule has 2 nitrogen and oxygen atoms in total. The Balaban J connectivity index is 5.11. The van der Waals surface area contributed by atoms with Crippen LogP contribution in [0.15, 0.2) is 24.3 Å². The number of carboxylic acids is 1. The van der Waals surface area contributed by atoms with Crippen molar-refractivity contribution in [2.24, 2.45) is 0 Å². The third kappa shape index (κ3) is 15.1. The van der Waals surface area contributed by atoms with E-state index in [1.54, 1.807) is 0 Å². The fourth-order valence-corrected chi connectivity index (χ4v) is 14.3. The first kappa shape index (κ1) is 119. The zero-order valence-corrected chi connectivity index (χ0v) is 56.8. The lowest BCUT2D eigenvalue weighted by atomic mass is 9.84. The molecule has 0 aliphatic rings. The van der Waals surface area contributed by atoms with Crippen LogP contribution in [0.2, 0.25) is 18.1 Å². The van der Waals surface area contributed by atoms with Gasteiger partial charge >= 0.3 is 220 Å². The van der Waals surface area contributed by atoms with Crippen LogP contribution in [0.5, 0.6) is 0 Å². The molecule has 0 amide bonds. The van der Waals surface area contributed by atoms with Crippen molar-refractivity contribution >= 4 is 19.2 Å². The molecule has 1 aromatic carbocycles. The molecule has 78 heteroatoms. The van der Waals surface area contributed by atoms with E-state index < -0.39 is 300 Å². The van der Waals surface area contributed by atoms with Gasteiger partial charge in [-0.25, -0.2) is 4.79 Å². The summed E-state index contributed by atoms with van der Waals surface area (Å²) in [5.74, 6) is -339. The summed E-state index contributed by atoms with van der Waals surface area (Å²) in [6.45, 7) is 0. The highest BCUT2D eigenvalue weighted by atomic mass is 28.3. The molecule has 0 aliphatic heterocycles. The number of carbonyl (C=O) groups is 1. The van der Waals surface area contributed by atoms with Crippen molar-refractivity contribution in [3.8, 4) is 0 Å². The first-order chi connectivity index (χ1) is 53.8. The molecule has 0 radical (unpaired) electrons. The van der Waals surface area contributed by atoms with Crippen molar-refractivity contribution in [3.05, 3.63) is 29.8 Å². The van der Waals surface area contributed by atoms with E-state index in [4.69, 9.17) is 5.11 Å². The maximum Gasteiger partial charge on any atom is 0.460 e. The molecule has 0 fully saturated rings. The fourth-order valence-electron chi connectivity index (χ4n) is 9.39. The summed E-state index contributed by atoms with van der Waals surface area (Å²) in [6, 6.07) is -18.3. The van der Waals surface area contributed by atoms with Crippen molar-refractivity contribution in [2.45, 2.75) is 251 Å². The number of hydrogen-bond donors (Lipinski definition) is 1. The first-order valence-corrected chi connectivity index (χ1v) is 31.4. The Morgan fingerprint density at radius 3 is 0.378 bits per heavy atom. The lowest BCUT2D eigenvalue weighted by Gasteiger charge is -2.46. The van der Waals surface area contributed by atoms with Gasteiger partial charge in [0.15, 0.2) is 0 Å². The number of hydrogen-bond acceptors (Lipinski definition) is 1. The molecular formula is C49H17F75O2Si. The Morgan fingerprint density at radius 1 is 0.173 bits per heavy atom. The Labute approximate surface area is 640 Å². The minimum absolute atomic E-state index is 0.995. The van der Waals surface area contributed by atoms with Crippen LogP contribution in [0.25, 0.3) is 0 Å². The highest BCUT2D eigenvalue weighted by Gasteiger charge is 3.05. The van der Waals surface area contributed by atoms with E-state index in [1.807, 2.05) is 0 Å². The van der Waals surface area contributed by atoms with Crippen molar-refractivity contribution in [2.75, 3.05) is 0 Å². The summed E-state index contributed by atoms with van der Waals surface area (Å²) in [6.07, 6.45) is -42.3. The maximum atomic E-state index is 15.8. The van der Waals surface area contributed by atoms with E-state index in [0.29, 0.717) is 0 Å². The standard InChI is InChI=1S/C49H17F75O2Si/c50-14(51,17(56,57)20(62,63)23(68,69)26(74,75)29(80,81)32(86,87)35(92,93)38(98,99)41(104,105)44(110,111)47(116,117)118)5-8-127(12-3-1-11(2-4-12)13(125)126,9-6-15(52,53)18(58,59)21(64,65)24(70,71)27(76,77)30(82,83)33(88,89)36(94,95)39(100,101)42(106,107)45(112,113)48(119,120)121)10-7-16(54,55)19(60,61)22(66,67)25(72,73)28(78,79)31(84,85)34(90,91)37(96,97)40(102,103)43(108,109)46(114,115)49(122,123)124/h1-4H,5-10H2,(H,125,126). The van der Waals surface area contributed by atoms with Crippen LogP contribution in [0.4, 0.5) is 329 Å². The Morgan fingerprint density at radius 2 is 0.276 bits per heavy atom. The number of carboxylic acid groups (broad SMARTS) is 1. The number of rotatable bonds is 41. The quantitative estimate of drug-likeness (QED) is 0.0524. The summed E-state index contributed by atoms with van der Waals surface area (Å²) in [5, 5.41) is 6.00. The van der Waals surface area contributed by atoms with Crippen LogP contribution >= 0.6 is 0 Å². The molecular weight excluding hydrogens is 2070 g/mol. The minimum Gasteiger partial charge on any atom is -0.478 e. The summed E-state index contributed by atoms with van der Waals surface area (Å²) < 4.78 is 1070. The van der Waals surface area contributed by atoms with E-state index in [2.05, 4.69) is 0 Å². The van der Waals surface area contributed by atoms with Crippen molar-refractivity contribution < 1.29 is 339 Å². The molecule has 0 spiro atoms. The predicted molar refractivity (Wildman–Crippen MR) is 248 cm³/mol. The summed E-state index contributed by atoms with van der Waals surface area (Å²) >= 11 is 0. The average Bonchev–Trinajstić information content (AvgIpc) is 0.685. The van der Waals surface area contributed by atoms with Crippen LogP contribution < -0.4 is 5.19 Å². The fraction of sp³-hybridized carbons (Fsp3) is 0.857. The molecule has 0 aromatic heterocycles. The molecule has 0 saturated heterocycles. The largest absolute Gasteiger partial charge is 0.478 e. The van der Waals surface area contributed by atoms with Gasteiger partial charge in [0.05, 0.1) is 13.6 Å². The van der Waals surface area contributed by atoms with E-state index in [1.165, 1.54) is 0 Å². The van der Waals surface area contributed by atoms with Gasteiger partial charge in [-0.3, -0.25) is 0 Å². The van der Waals surface area contributed by atoms with Gasteiger partial charge in [-0.1, -0.05) is 17.3 Å². The van der Waals surface area contributed by atoms with Crippen LogP contribution in [-0.4, -0.2) is 233 Å². The van der Waals surface area contributed by atoms with E-state index >= 15 is 79.0 Å². The highest BCUT2D eigenvalue weighted by molar-refractivity contribution is 6.92. The Bertz CT molecular complexity index is 3680. The molecule has 0 atom stereocenters. The van der Waals surface area contributed by atoms with Gasteiger partial charge in [0.25, 0.3) is 0 Å². The van der Waals surface area contributed by atoms with Gasteiger partial charge in [0.2, 0.25) is 0 Å². The van der Waals surface area contributed by atoms with Crippen LogP contribution in [0, 0.1) is 0 Å². The summed E-state index contributed by atoms with van der Waals surface area (Å²) in [7, 11) is -8.67. The molecule has 754 valence electrons. The smallest absolute Gasteiger partial charge is 0.460 e. The SMILES string of the molecule is O=C(O)c1ccc([Si](CCC(F)(F)C(F)(F)C(F)(F)C(F)(F)C(F)(F)C(F)(F)C(F)(F)C(F)(F)C(F)(F)C(F)(F)C(F)(F)C(F)(F)F)(CCC(F)(F)C(F)(F)C(F)(F)C(F)(F)C(F)(F)C(F)(F)C(F)(F)C(F)(F)C(F)(F)C(F)(F)C(F)(F)C(F)(F)F)CCC(F)(F)C(F)(F)C(F)(F)C(F)(F)C(F)(F)C(F)(F)C(F)(F)C(F)(F)C(F)(F)C(F)(F)C(F)(F)C(F)(F)F)cc1. The van der Waals surface area contributed by atoms with Gasteiger partial charge in [-0.15, -0.1) is 0 Å². The molecule has 1 N–H and O–H groups in total. The molecule has 1 rings (SSSR count). The number of alkyl halides is 75. The molecule has 0 saturated carbocycles. The Hall–Kier alpha value is -6.34. The normalized spacial score (nSPS) is 17.0. The number of benzene rings is 1. The average molecular weight is 2090 g/mol. The topological polar surface area (TPSA) is 37.3 Å². The lowest BCUT2D eigenvalue weighted by Crippen LogP contribution is -2.78. The predicted octanol–water partition coefficient (Wildman–Crippen LogP) is 26.9. The van der Waals surface area contributed by atoms with Crippen molar-refractivity contribution in [3.63, 3.8) is 0 Å². The summed E-state index contributed by atoms with van der Waals surface area (Å²) in [4.78, 5) is 11.5. The van der Waals surface area contributed by atoms with Gasteiger partial charge in [0.1, 0.15) is 0 Å². The van der Waals surface area contributed by atoms with E-state index in [9.17, 15) is 255 Å². The highest BCUT2D eigenvalue weighted by Crippen LogP contribution is 2.74. The maximum absolute atomic E-state index is 15.8. The lowest BCUT2D eigenvalue weighted by molar-refractivity contribution is -0.482. The van der Waals surface area contributed by atoms with Crippen molar-refractivity contribution in [1.82, 2.24) is 0 Å². The second-order valence-electron chi connectivity index (χ2n) is 25.5. The summed E-state index contributed by atoms with van der Waals surface area (Å²) in [5.41, 5.74) is -2.14. The van der Waals surface area contributed by atoms with Gasteiger partial charge in [0, 0.05) is 19.3 Å². The minimum atomic E-state index is -10.7. The van der Waals surface area contributed by atoms with E-state index in [-0.39, 0.29) is 0 Å². The second-order valence-corrected chi connectivity index (χ2v) is 30.1. The van der Waals surface area contributed by atoms with Gasteiger partial charge < -0.3 is 5.11 Å². The van der Waals surface area contributed by atoms with Crippen LogP contribution in [0.1, 0.15) is 29.6 Å². The van der Waals surface area contributed by atoms with Crippen molar-refractivity contribution in [1.29, 1.82) is 0 Å².